The Morgan fingerprint density at radius 2 is 2.16 bits per heavy atom. The molecular weight excluding hydrogens is 331 g/mol. The second-order valence-corrected chi connectivity index (χ2v) is 5.38. The highest BCUT2D eigenvalue weighted by Crippen LogP contribution is 2.22. The highest BCUT2D eigenvalue weighted by molar-refractivity contribution is 5.92. The minimum absolute atomic E-state index is 0.00829. The van der Waals surface area contributed by atoms with Crippen LogP contribution < -0.4 is 5.32 Å². The molecule has 0 saturated heterocycles. The predicted octanol–water partition coefficient (Wildman–Crippen LogP) is 1.97. The summed E-state index contributed by atoms with van der Waals surface area (Å²) in [7, 11) is 0. The maximum absolute atomic E-state index is 13.3. The number of nitrogens with one attached hydrogen (secondary N) is 1. The maximum Gasteiger partial charge on any atom is 0.306 e. The zero-order valence-corrected chi connectivity index (χ0v) is 13.4. The summed E-state index contributed by atoms with van der Waals surface area (Å²) in [6.07, 6.45) is 1.36. The fourth-order valence-corrected chi connectivity index (χ4v) is 2.51. The number of benzene rings is 1. The number of fused-ring (bicyclic) bond motifs is 1. The molecule has 1 amide bonds. The van der Waals surface area contributed by atoms with Crippen molar-refractivity contribution in [2.24, 2.45) is 0 Å². The van der Waals surface area contributed by atoms with Gasteiger partial charge < -0.3 is 5.32 Å². The van der Waals surface area contributed by atoms with Crippen molar-refractivity contribution < 1.29 is 14.1 Å². The van der Waals surface area contributed by atoms with Gasteiger partial charge in [-0.25, -0.2) is 9.50 Å². The van der Waals surface area contributed by atoms with Gasteiger partial charge in [0.15, 0.2) is 0 Å². The Kier molecular flexibility index (Phi) is 4.09. The Balaban J connectivity index is 1.84. The highest BCUT2D eigenvalue weighted by atomic mass is 19.1. The number of nitro benzene ring substituents is 1. The minimum atomic E-state index is -0.962. The topological polar surface area (TPSA) is 115 Å². The van der Waals surface area contributed by atoms with Crippen LogP contribution in [0.3, 0.4) is 0 Å². The largest absolute Gasteiger partial charge is 0.326 e. The fourth-order valence-electron chi connectivity index (χ4n) is 2.51. The molecular formula is C15H13FN6O3. The zero-order chi connectivity index (χ0) is 18.1. The summed E-state index contributed by atoms with van der Waals surface area (Å²) in [4.78, 5) is 30.5. The zero-order valence-electron chi connectivity index (χ0n) is 13.4. The quantitative estimate of drug-likeness (QED) is 0.571. The first kappa shape index (κ1) is 16.4. The number of carbonyl (C=O) groups excluding carboxylic acids is 1. The molecule has 128 valence electrons. The lowest BCUT2D eigenvalue weighted by molar-refractivity contribution is -0.387. The van der Waals surface area contributed by atoms with Gasteiger partial charge in [-0.05, 0) is 26.0 Å². The second kappa shape index (κ2) is 6.23. The molecule has 0 aliphatic heterocycles. The first-order valence-electron chi connectivity index (χ1n) is 7.26. The average Bonchev–Trinajstić information content (AvgIpc) is 3.01. The van der Waals surface area contributed by atoms with E-state index in [4.69, 9.17) is 0 Å². The van der Waals surface area contributed by atoms with Gasteiger partial charge in [-0.2, -0.15) is 14.5 Å². The van der Waals surface area contributed by atoms with Crippen LogP contribution in [0.2, 0.25) is 0 Å². The van der Waals surface area contributed by atoms with Crippen molar-refractivity contribution in [2.75, 3.05) is 5.32 Å². The normalized spacial score (nSPS) is 10.8. The molecule has 0 fully saturated rings. The van der Waals surface area contributed by atoms with Crippen LogP contribution in [0.1, 0.15) is 17.0 Å². The average molecular weight is 344 g/mol. The van der Waals surface area contributed by atoms with Crippen molar-refractivity contribution in [1.82, 2.24) is 19.6 Å². The van der Waals surface area contributed by atoms with Gasteiger partial charge in [-0.3, -0.25) is 14.9 Å². The molecule has 0 aliphatic carbocycles. The molecule has 0 spiro atoms. The van der Waals surface area contributed by atoms with Gasteiger partial charge in [0.1, 0.15) is 6.33 Å². The van der Waals surface area contributed by atoms with Crippen LogP contribution in [0.5, 0.6) is 0 Å². The number of hydrogen-bond acceptors (Lipinski definition) is 6. The van der Waals surface area contributed by atoms with Crippen molar-refractivity contribution in [1.29, 1.82) is 0 Å². The van der Waals surface area contributed by atoms with Gasteiger partial charge in [0.05, 0.1) is 11.3 Å². The van der Waals surface area contributed by atoms with Crippen LogP contribution in [0.15, 0.2) is 24.5 Å². The number of anilines is 1. The molecule has 9 nitrogen and oxygen atoms in total. The summed E-state index contributed by atoms with van der Waals surface area (Å²) in [6.45, 7) is 3.55. The second-order valence-electron chi connectivity index (χ2n) is 5.38. The number of halogens is 1. The Hall–Kier alpha value is -3.43. The molecule has 0 saturated carbocycles. The molecule has 1 aromatic carbocycles. The van der Waals surface area contributed by atoms with E-state index in [1.807, 2.05) is 0 Å². The lowest BCUT2D eigenvalue weighted by atomic mass is 10.1. The standard InChI is InChI=1S/C15H13FN6O3/c1-8-11(9(2)21-15(19-8)17-7-18-21)6-14(23)20-10-3-4-12(16)13(5-10)22(24)25/h3-5,7H,6H2,1-2H3,(H,20,23). The molecule has 25 heavy (non-hydrogen) atoms. The molecule has 1 N–H and O–H groups in total. The molecule has 2 heterocycles. The van der Waals surface area contributed by atoms with E-state index in [0.717, 1.165) is 17.8 Å². The number of nitrogens with zero attached hydrogens (tertiary/aromatic N) is 5. The number of carbonyl (C=O) groups is 1. The van der Waals surface area contributed by atoms with Crippen LogP contribution in [0.4, 0.5) is 15.8 Å². The molecule has 3 rings (SSSR count). The Morgan fingerprint density at radius 3 is 2.88 bits per heavy atom. The van der Waals surface area contributed by atoms with Gasteiger partial charge in [0.25, 0.3) is 5.78 Å². The summed E-state index contributed by atoms with van der Waals surface area (Å²) in [5, 5.41) is 17.3. The number of amides is 1. The summed E-state index contributed by atoms with van der Waals surface area (Å²) in [6, 6.07) is 3.18. The smallest absolute Gasteiger partial charge is 0.306 e. The number of aryl methyl sites for hydroxylation is 2. The summed E-state index contributed by atoms with van der Waals surface area (Å²) in [5.74, 6) is -0.933. The molecule has 3 aromatic rings. The van der Waals surface area contributed by atoms with Gasteiger partial charge in [-0.15, -0.1) is 0 Å². The molecule has 2 aromatic heterocycles. The Bertz CT molecular complexity index is 1000. The lowest BCUT2D eigenvalue weighted by Gasteiger charge is -2.11. The molecule has 0 atom stereocenters. The molecule has 0 aliphatic rings. The summed E-state index contributed by atoms with van der Waals surface area (Å²) in [5.41, 5.74) is 1.48. The summed E-state index contributed by atoms with van der Waals surface area (Å²) < 4.78 is 14.9. The number of rotatable bonds is 4. The SMILES string of the molecule is Cc1nc2ncnn2c(C)c1CC(=O)Nc1ccc(F)c([N+](=O)[O-])c1. The van der Waals surface area contributed by atoms with E-state index >= 15 is 0 Å². The number of aromatic nitrogens is 4. The number of hydrogen-bond donors (Lipinski definition) is 1. The Morgan fingerprint density at radius 1 is 1.40 bits per heavy atom. The predicted molar refractivity (Wildman–Crippen MR) is 85.6 cm³/mol. The molecule has 0 bridgehead atoms. The lowest BCUT2D eigenvalue weighted by Crippen LogP contribution is -2.18. The van der Waals surface area contributed by atoms with Gasteiger partial charge in [0.2, 0.25) is 11.7 Å². The van der Waals surface area contributed by atoms with Crippen LogP contribution >= 0.6 is 0 Å². The fraction of sp³-hybridized carbons (Fsp3) is 0.200. The first-order chi connectivity index (χ1) is 11.9. The first-order valence-corrected chi connectivity index (χ1v) is 7.26. The van der Waals surface area contributed by atoms with Crippen molar-refractivity contribution in [3.63, 3.8) is 0 Å². The number of nitro groups is 1. The third-order valence-electron chi connectivity index (χ3n) is 3.75. The highest BCUT2D eigenvalue weighted by Gasteiger charge is 2.17. The van der Waals surface area contributed by atoms with E-state index in [-0.39, 0.29) is 12.1 Å². The van der Waals surface area contributed by atoms with Crippen molar-refractivity contribution in [3.8, 4) is 0 Å². The molecule has 0 radical (unpaired) electrons. The van der Waals surface area contributed by atoms with E-state index in [1.54, 1.807) is 13.8 Å². The third kappa shape index (κ3) is 3.13. The minimum Gasteiger partial charge on any atom is -0.326 e. The van der Waals surface area contributed by atoms with Gasteiger partial charge in [0, 0.05) is 28.7 Å². The van der Waals surface area contributed by atoms with Gasteiger partial charge >= 0.3 is 5.69 Å². The Labute approximate surface area is 140 Å². The van der Waals surface area contributed by atoms with Crippen LogP contribution in [0, 0.1) is 29.8 Å². The maximum atomic E-state index is 13.3. The van der Waals surface area contributed by atoms with Crippen LogP contribution in [0.25, 0.3) is 5.78 Å². The molecule has 10 heteroatoms. The van der Waals surface area contributed by atoms with E-state index in [2.05, 4.69) is 20.4 Å². The van der Waals surface area contributed by atoms with Gasteiger partial charge in [-0.1, -0.05) is 0 Å². The van der Waals surface area contributed by atoms with Crippen molar-refractivity contribution in [3.05, 3.63) is 57.4 Å². The van der Waals surface area contributed by atoms with E-state index < -0.39 is 22.3 Å². The van der Waals surface area contributed by atoms with Crippen molar-refractivity contribution in [2.45, 2.75) is 20.3 Å². The van der Waals surface area contributed by atoms with Crippen LogP contribution in [-0.4, -0.2) is 30.4 Å². The summed E-state index contributed by atoms with van der Waals surface area (Å²) >= 11 is 0. The molecule has 0 unspecified atom stereocenters. The van der Waals surface area contributed by atoms with E-state index in [0.29, 0.717) is 17.0 Å². The van der Waals surface area contributed by atoms with Crippen molar-refractivity contribution >= 4 is 23.1 Å². The van der Waals surface area contributed by atoms with E-state index in [9.17, 15) is 19.3 Å². The third-order valence-corrected chi connectivity index (χ3v) is 3.75. The van der Waals surface area contributed by atoms with E-state index in [1.165, 1.54) is 16.9 Å². The van der Waals surface area contributed by atoms with Crippen LogP contribution in [-0.2, 0) is 11.2 Å². The monoisotopic (exact) mass is 344 g/mol.